The maximum absolute atomic E-state index is 13.0. The van der Waals surface area contributed by atoms with E-state index in [4.69, 9.17) is 4.42 Å². The SMILES string of the molecule is Cc1cnc(-c2nnc(C3CCN(C(=O)Cc4ccc(F)cc4)CC3)o2)cn1. The van der Waals surface area contributed by atoms with Crippen molar-refractivity contribution in [1.29, 1.82) is 0 Å². The lowest BCUT2D eigenvalue weighted by Gasteiger charge is -2.30. The Morgan fingerprint density at radius 3 is 2.57 bits per heavy atom. The first kappa shape index (κ1) is 18.2. The van der Waals surface area contributed by atoms with Crippen molar-refractivity contribution in [2.24, 2.45) is 0 Å². The number of carbonyl (C=O) groups is 1. The van der Waals surface area contributed by atoms with E-state index in [1.54, 1.807) is 24.5 Å². The van der Waals surface area contributed by atoms with Gasteiger partial charge in [0.25, 0.3) is 5.89 Å². The lowest BCUT2D eigenvalue weighted by molar-refractivity contribution is -0.131. The third kappa shape index (κ3) is 4.05. The van der Waals surface area contributed by atoms with Crippen molar-refractivity contribution >= 4 is 5.91 Å². The maximum Gasteiger partial charge on any atom is 0.267 e. The van der Waals surface area contributed by atoms with Crippen LogP contribution in [-0.4, -0.2) is 44.1 Å². The normalized spacial score (nSPS) is 15.0. The molecule has 0 N–H and O–H groups in total. The molecule has 0 unspecified atom stereocenters. The van der Waals surface area contributed by atoms with Gasteiger partial charge < -0.3 is 9.32 Å². The van der Waals surface area contributed by atoms with Crippen LogP contribution in [-0.2, 0) is 11.2 Å². The Hall–Kier alpha value is -3.16. The Balaban J connectivity index is 1.34. The van der Waals surface area contributed by atoms with Crippen LogP contribution in [0.4, 0.5) is 4.39 Å². The van der Waals surface area contributed by atoms with Gasteiger partial charge in [-0.25, -0.2) is 9.37 Å². The molecule has 1 fully saturated rings. The van der Waals surface area contributed by atoms with Crippen molar-refractivity contribution in [3.05, 3.63) is 59.6 Å². The molecule has 4 rings (SSSR count). The Labute approximate surface area is 161 Å². The first-order valence-electron chi connectivity index (χ1n) is 9.23. The molecule has 144 valence electrons. The Morgan fingerprint density at radius 2 is 1.89 bits per heavy atom. The molecular formula is C20H20FN5O2. The summed E-state index contributed by atoms with van der Waals surface area (Å²) in [6.45, 7) is 3.13. The molecule has 1 amide bonds. The van der Waals surface area contributed by atoms with Crippen molar-refractivity contribution in [3.63, 3.8) is 0 Å². The molecule has 0 spiro atoms. The largest absolute Gasteiger partial charge is 0.419 e. The molecule has 8 heteroatoms. The van der Waals surface area contributed by atoms with Crippen LogP contribution in [0.1, 0.15) is 35.9 Å². The number of benzene rings is 1. The van der Waals surface area contributed by atoms with Gasteiger partial charge in [0.2, 0.25) is 11.8 Å². The second kappa shape index (κ2) is 7.84. The van der Waals surface area contributed by atoms with E-state index in [1.165, 1.54) is 12.1 Å². The maximum atomic E-state index is 13.0. The summed E-state index contributed by atoms with van der Waals surface area (Å²) >= 11 is 0. The summed E-state index contributed by atoms with van der Waals surface area (Å²) in [5.74, 6) is 0.800. The fourth-order valence-electron chi connectivity index (χ4n) is 3.27. The molecule has 0 radical (unpaired) electrons. The minimum absolute atomic E-state index is 0.0474. The van der Waals surface area contributed by atoms with Gasteiger partial charge in [-0.1, -0.05) is 12.1 Å². The third-order valence-electron chi connectivity index (χ3n) is 4.91. The first-order valence-corrected chi connectivity index (χ1v) is 9.23. The molecule has 1 aliphatic rings. The molecule has 0 saturated carbocycles. The van der Waals surface area contributed by atoms with E-state index < -0.39 is 0 Å². The summed E-state index contributed by atoms with van der Waals surface area (Å²) in [5.41, 5.74) is 2.19. The summed E-state index contributed by atoms with van der Waals surface area (Å²) in [4.78, 5) is 22.8. The number of rotatable bonds is 4. The molecule has 1 saturated heterocycles. The van der Waals surface area contributed by atoms with Gasteiger partial charge in [0.1, 0.15) is 11.5 Å². The zero-order valence-corrected chi connectivity index (χ0v) is 15.5. The monoisotopic (exact) mass is 381 g/mol. The van der Waals surface area contributed by atoms with Gasteiger partial charge in [-0.15, -0.1) is 10.2 Å². The van der Waals surface area contributed by atoms with Crippen molar-refractivity contribution in [2.45, 2.75) is 32.1 Å². The fraction of sp³-hybridized carbons (Fsp3) is 0.350. The van der Waals surface area contributed by atoms with Gasteiger partial charge in [0, 0.05) is 25.2 Å². The second-order valence-corrected chi connectivity index (χ2v) is 6.95. The van der Waals surface area contributed by atoms with E-state index in [0.29, 0.717) is 30.6 Å². The van der Waals surface area contributed by atoms with E-state index in [9.17, 15) is 9.18 Å². The molecule has 2 aromatic heterocycles. The molecule has 1 aromatic carbocycles. The van der Waals surface area contributed by atoms with Crippen molar-refractivity contribution in [1.82, 2.24) is 25.1 Å². The third-order valence-corrected chi connectivity index (χ3v) is 4.91. The van der Waals surface area contributed by atoms with Crippen LogP contribution >= 0.6 is 0 Å². The van der Waals surface area contributed by atoms with E-state index >= 15 is 0 Å². The number of hydrogen-bond acceptors (Lipinski definition) is 6. The van der Waals surface area contributed by atoms with E-state index in [2.05, 4.69) is 20.2 Å². The summed E-state index contributed by atoms with van der Waals surface area (Å²) in [5, 5.41) is 8.24. The van der Waals surface area contributed by atoms with Gasteiger partial charge in [-0.2, -0.15) is 0 Å². The van der Waals surface area contributed by atoms with E-state index in [1.807, 2.05) is 11.8 Å². The number of piperidine rings is 1. The average molecular weight is 381 g/mol. The summed E-state index contributed by atoms with van der Waals surface area (Å²) in [6, 6.07) is 6.04. The highest BCUT2D eigenvalue weighted by molar-refractivity contribution is 5.78. The smallest absolute Gasteiger partial charge is 0.267 e. The topological polar surface area (TPSA) is 85.0 Å². The minimum atomic E-state index is -0.299. The highest BCUT2D eigenvalue weighted by atomic mass is 19.1. The summed E-state index contributed by atoms with van der Waals surface area (Å²) < 4.78 is 18.8. The number of hydrogen-bond donors (Lipinski definition) is 0. The number of halogens is 1. The molecule has 7 nitrogen and oxygen atoms in total. The lowest BCUT2D eigenvalue weighted by Crippen LogP contribution is -2.38. The number of carbonyl (C=O) groups excluding carboxylic acids is 1. The lowest BCUT2D eigenvalue weighted by atomic mass is 9.96. The van der Waals surface area contributed by atoms with Crippen LogP contribution in [0.3, 0.4) is 0 Å². The van der Waals surface area contributed by atoms with Gasteiger partial charge in [-0.05, 0) is 37.5 Å². The highest BCUT2D eigenvalue weighted by Crippen LogP contribution is 2.29. The predicted molar refractivity (Wildman–Crippen MR) is 98.7 cm³/mol. The standard InChI is InChI=1S/C20H20FN5O2/c1-13-11-23-17(12-22-13)20-25-24-19(28-20)15-6-8-26(9-7-15)18(27)10-14-2-4-16(21)5-3-14/h2-5,11-12,15H,6-10H2,1H3. The Morgan fingerprint density at radius 1 is 1.14 bits per heavy atom. The summed E-state index contributed by atoms with van der Waals surface area (Å²) in [7, 11) is 0. The van der Waals surface area contributed by atoms with Crippen LogP contribution in [0.2, 0.25) is 0 Å². The first-order chi connectivity index (χ1) is 13.6. The quantitative estimate of drug-likeness (QED) is 0.691. The van der Waals surface area contributed by atoms with Crippen LogP contribution < -0.4 is 0 Å². The predicted octanol–water partition coefficient (Wildman–Crippen LogP) is 2.92. The van der Waals surface area contributed by atoms with Crippen LogP contribution in [0.15, 0.2) is 41.1 Å². The Kier molecular flexibility index (Phi) is 5.10. The van der Waals surface area contributed by atoms with Crippen molar-refractivity contribution in [2.75, 3.05) is 13.1 Å². The minimum Gasteiger partial charge on any atom is -0.419 e. The zero-order valence-electron chi connectivity index (χ0n) is 15.5. The number of aromatic nitrogens is 4. The van der Waals surface area contributed by atoms with Crippen molar-refractivity contribution in [3.8, 4) is 11.6 Å². The molecule has 1 aliphatic heterocycles. The van der Waals surface area contributed by atoms with Crippen LogP contribution in [0.5, 0.6) is 0 Å². The summed E-state index contributed by atoms with van der Waals surface area (Å²) in [6.07, 6.45) is 5.07. The molecule has 3 heterocycles. The fourth-order valence-corrected chi connectivity index (χ4v) is 3.27. The van der Waals surface area contributed by atoms with E-state index in [0.717, 1.165) is 24.1 Å². The zero-order chi connectivity index (χ0) is 19.5. The molecule has 0 aliphatic carbocycles. The van der Waals surface area contributed by atoms with Gasteiger partial charge in [-0.3, -0.25) is 9.78 Å². The molecular weight excluding hydrogens is 361 g/mol. The Bertz CT molecular complexity index is 947. The highest BCUT2D eigenvalue weighted by Gasteiger charge is 2.27. The molecule has 28 heavy (non-hydrogen) atoms. The second-order valence-electron chi connectivity index (χ2n) is 6.95. The number of nitrogens with zero attached hydrogens (tertiary/aromatic N) is 5. The van der Waals surface area contributed by atoms with Crippen LogP contribution in [0.25, 0.3) is 11.6 Å². The van der Waals surface area contributed by atoms with Crippen molar-refractivity contribution < 1.29 is 13.6 Å². The number of amides is 1. The van der Waals surface area contributed by atoms with Crippen LogP contribution in [0, 0.1) is 12.7 Å². The van der Waals surface area contributed by atoms with Gasteiger partial charge >= 0.3 is 0 Å². The average Bonchev–Trinajstić information content (AvgIpc) is 3.20. The number of likely N-dealkylation sites (tertiary alicyclic amines) is 1. The number of aryl methyl sites for hydroxylation is 1. The molecule has 3 aromatic rings. The van der Waals surface area contributed by atoms with E-state index in [-0.39, 0.29) is 24.1 Å². The molecule has 0 bridgehead atoms. The molecule has 0 atom stereocenters. The van der Waals surface area contributed by atoms with Gasteiger partial charge in [0.15, 0.2) is 0 Å². The van der Waals surface area contributed by atoms with Gasteiger partial charge in [0.05, 0.1) is 18.3 Å².